The summed E-state index contributed by atoms with van der Waals surface area (Å²) < 4.78 is 5.61. The largest absolute Gasteiger partial charge is 0.484 e. The third kappa shape index (κ3) is 2.51. The summed E-state index contributed by atoms with van der Waals surface area (Å²) in [6.45, 7) is 0.287. The van der Waals surface area contributed by atoms with Crippen molar-refractivity contribution in [3.05, 3.63) is 58.9 Å². The molecule has 0 amide bonds. The molecular weight excluding hydrogens is 276 g/mol. The molecule has 0 bridgehead atoms. The number of fused-ring (bicyclic) bond motifs is 1. The predicted octanol–water partition coefficient (Wildman–Crippen LogP) is 3.61. The molecule has 0 saturated heterocycles. The number of carbonyl (C=O) groups is 1. The van der Waals surface area contributed by atoms with Gasteiger partial charge in [-0.1, -0.05) is 23.7 Å². The predicted molar refractivity (Wildman–Crippen MR) is 77.3 cm³/mol. The van der Waals surface area contributed by atoms with Gasteiger partial charge >= 0.3 is 0 Å². The molecule has 0 unspecified atom stereocenters. The highest BCUT2D eigenvalue weighted by molar-refractivity contribution is 6.32. The minimum Gasteiger partial charge on any atom is -0.484 e. The van der Waals surface area contributed by atoms with Crippen molar-refractivity contribution in [2.24, 2.45) is 0 Å². The highest BCUT2D eigenvalue weighted by Gasteiger charge is 2.06. The van der Waals surface area contributed by atoms with E-state index in [1.807, 2.05) is 12.1 Å². The van der Waals surface area contributed by atoms with Crippen LogP contribution in [-0.4, -0.2) is 16.3 Å². The number of H-pyrrole nitrogens is 1. The molecular formula is C15H11ClN2O2. The number of carbonyl (C=O) groups excluding carboxylic acids is 1. The van der Waals surface area contributed by atoms with Crippen LogP contribution in [0.4, 0.5) is 0 Å². The van der Waals surface area contributed by atoms with E-state index in [0.717, 1.165) is 17.3 Å². The lowest BCUT2D eigenvalue weighted by Gasteiger charge is -2.05. The number of nitrogens with zero attached hydrogens (tertiary/aromatic N) is 1. The summed E-state index contributed by atoms with van der Waals surface area (Å²) in [6.07, 6.45) is 0.806. The molecule has 5 heteroatoms. The van der Waals surface area contributed by atoms with Crippen LogP contribution in [0.2, 0.25) is 5.02 Å². The molecule has 3 rings (SSSR count). The Morgan fingerprint density at radius 1 is 1.25 bits per heavy atom. The Morgan fingerprint density at radius 2 is 2.10 bits per heavy atom. The van der Waals surface area contributed by atoms with Crippen LogP contribution >= 0.6 is 11.6 Å². The fraction of sp³-hybridized carbons (Fsp3) is 0.0667. The van der Waals surface area contributed by atoms with Gasteiger partial charge in [0.15, 0.2) is 0 Å². The van der Waals surface area contributed by atoms with Gasteiger partial charge in [0.05, 0.1) is 16.1 Å². The van der Waals surface area contributed by atoms with Crippen LogP contribution in [0.1, 0.15) is 16.2 Å². The Labute approximate surface area is 120 Å². The number of para-hydroxylation sites is 1. The molecule has 1 N–H and O–H groups in total. The van der Waals surface area contributed by atoms with Crippen molar-refractivity contribution in [1.82, 2.24) is 9.97 Å². The number of rotatable bonds is 4. The molecule has 3 aromatic rings. The molecule has 1 heterocycles. The van der Waals surface area contributed by atoms with Crippen LogP contribution in [0.25, 0.3) is 11.0 Å². The van der Waals surface area contributed by atoms with Crippen molar-refractivity contribution in [2.75, 3.05) is 0 Å². The lowest BCUT2D eigenvalue weighted by Crippen LogP contribution is -1.97. The van der Waals surface area contributed by atoms with Crippen LogP contribution in [0, 0.1) is 0 Å². The Balaban J connectivity index is 1.81. The maximum atomic E-state index is 10.7. The average molecular weight is 287 g/mol. The molecule has 0 aliphatic heterocycles. The number of halogens is 1. The monoisotopic (exact) mass is 286 g/mol. The molecule has 0 aliphatic rings. The zero-order valence-electron chi connectivity index (χ0n) is 10.5. The van der Waals surface area contributed by atoms with Crippen molar-refractivity contribution >= 4 is 28.9 Å². The smallest absolute Gasteiger partial charge is 0.150 e. The summed E-state index contributed by atoms with van der Waals surface area (Å²) in [7, 11) is 0. The minimum atomic E-state index is 0.287. The van der Waals surface area contributed by atoms with Gasteiger partial charge in [-0.05, 0) is 30.3 Å². The van der Waals surface area contributed by atoms with Gasteiger partial charge in [-0.3, -0.25) is 4.79 Å². The van der Waals surface area contributed by atoms with Gasteiger partial charge in [-0.2, -0.15) is 0 Å². The standard InChI is InChI=1S/C15H11ClN2O2/c16-11-3-1-2-4-14(11)20-9-15-17-12-6-5-10(8-19)7-13(12)18-15/h1-8H,9H2,(H,17,18). The van der Waals surface area contributed by atoms with Gasteiger partial charge in [0.1, 0.15) is 24.5 Å². The number of aromatic amines is 1. The maximum Gasteiger partial charge on any atom is 0.150 e. The molecule has 0 saturated carbocycles. The second-order valence-corrected chi connectivity index (χ2v) is 4.70. The third-order valence-electron chi connectivity index (χ3n) is 2.89. The van der Waals surface area contributed by atoms with Crippen LogP contribution in [0.5, 0.6) is 5.75 Å². The van der Waals surface area contributed by atoms with Gasteiger partial charge in [0.25, 0.3) is 0 Å². The van der Waals surface area contributed by atoms with Gasteiger partial charge < -0.3 is 9.72 Å². The molecule has 0 spiro atoms. The Hall–Kier alpha value is -2.33. The van der Waals surface area contributed by atoms with Gasteiger partial charge in [-0.25, -0.2) is 4.98 Å². The first-order chi connectivity index (χ1) is 9.76. The maximum absolute atomic E-state index is 10.7. The number of hydrogen-bond donors (Lipinski definition) is 1. The van der Waals surface area contributed by atoms with E-state index >= 15 is 0 Å². The quantitative estimate of drug-likeness (QED) is 0.746. The van der Waals surface area contributed by atoms with E-state index < -0.39 is 0 Å². The number of benzene rings is 2. The number of hydrogen-bond acceptors (Lipinski definition) is 3. The van der Waals surface area contributed by atoms with Crippen molar-refractivity contribution in [3.63, 3.8) is 0 Å². The SMILES string of the molecule is O=Cc1ccc2nc(COc3ccccc3Cl)[nH]c2c1. The number of aromatic nitrogens is 2. The summed E-state index contributed by atoms with van der Waals surface area (Å²) in [5.74, 6) is 1.30. The second-order valence-electron chi connectivity index (χ2n) is 4.30. The third-order valence-corrected chi connectivity index (χ3v) is 3.20. The normalized spacial score (nSPS) is 10.7. The van der Waals surface area contributed by atoms with Gasteiger partial charge in [0.2, 0.25) is 0 Å². The van der Waals surface area contributed by atoms with Crippen molar-refractivity contribution in [1.29, 1.82) is 0 Å². The molecule has 0 aliphatic carbocycles. The van der Waals surface area contributed by atoms with E-state index in [9.17, 15) is 4.79 Å². The number of ether oxygens (including phenoxy) is 1. The second kappa shape index (κ2) is 5.35. The van der Waals surface area contributed by atoms with Crippen molar-refractivity contribution < 1.29 is 9.53 Å². The molecule has 1 aromatic heterocycles. The zero-order valence-corrected chi connectivity index (χ0v) is 11.2. The van der Waals surface area contributed by atoms with E-state index in [0.29, 0.717) is 22.2 Å². The minimum absolute atomic E-state index is 0.287. The lowest BCUT2D eigenvalue weighted by atomic mass is 10.2. The summed E-state index contributed by atoms with van der Waals surface area (Å²) in [4.78, 5) is 18.2. The summed E-state index contributed by atoms with van der Waals surface area (Å²) in [6, 6.07) is 12.6. The zero-order chi connectivity index (χ0) is 13.9. The van der Waals surface area contributed by atoms with E-state index in [2.05, 4.69) is 9.97 Å². The number of aldehydes is 1. The summed E-state index contributed by atoms with van der Waals surface area (Å²) >= 11 is 6.01. The van der Waals surface area contributed by atoms with E-state index in [1.165, 1.54) is 0 Å². The topological polar surface area (TPSA) is 55.0 Å². The Bertz CT molecular complexity index is 767. The van der Waals surface area contributed by atoms with Crippen molar-refractivity contribution in [2.45, 2.75) is 6.61 Å². The molecule has 4 nitrogen and oxygen atoms in total. The fourth-order valence-corrected chi connectivity index (χ4v) is 2.12. The summed E-state index contributed by atoms with van der Waals surface area (Å²) in [5.41, 5.74) is 2.22. The van der Waals surface area contributed by atoms with E-state index in [-0.39, 0.29) is 6.61 Å². The molecule has 0 radical (unpaired) electrons. The first-order valence-electron chi connectivity index (χ1n) is 6.07. The average Bonchev–Trinajstić information content (AvgIpc) is 2.88. The number of nitrogens with one attached hydrogen (secondary N) is 1. The van der Waals surface area contributed by atoms with Gasteiger partial charge in [-0.15, -0.1) is 0 Å². The Morgan fingerprint density at radius 3 is 2.90 bits per heavy atom. The highest BCUT2D eigenvalue weighted by Crippen LogP contribution is 2.24. The van der Waals surface area contributed by atoms with Crippen molar-refractivity contribution in [3.8, 4) is 5.75 Å². The van der Waals surface area contributed by atoms with Crippen LogP contribution in [0.15, 0.2) is 42.5 Å². The molecule has 0 atom stereocenters. The van der Waals surface area contributed by atoms with Crippen LogP contribution in [-0.2, 0) is 6.61 Å². The fourth-order valence-electron chi connectivity index (χ4n) is 1.93. The Kier molecular flexibility index (Phi) is 3.39. The van der Waals surface area contributed by atoms with E-state index in [4.69, 9.17) is 16.3 Å². The lowest BCUT2D eigenvalue weighted by molar-refractivity contribution is 0.112. The van der Waals surface area contributed by atoms with Crippen LogP contribution in [0.3, 0.4) is 0 Å². The highest BCUT2D eigenvalue weighted by atomic mass is 35.5. The first-order valence-corrected chi connectivity index (χ1v) is 6.45. The molecule has 2 aromatic carbocycles. The molecule has 100 valence electrons. The molecule has 20 heavy (non-hydrogen) atoms. The summed E-state index contributed by atoms with van der Waals surface area (Å²) in [5, 5.41) is 0.562. The molecule has 0 fully saturated rings. The van der Waals surface area contributed by atoms with Crippen LogP contribution < -0.4 is 4.74 Å². The van der Waals surface area contributed by atoms with E-state index in [1.54, 1.807) is 30.3 Å². The van der Waals surface area contributed by atoms with Gasteiger partial charge in [0, 0.05) is 5.56 Å². The number of imidazole rings is 1. The first kappa shape index (κ1) is 12.7.